The maximum atomic E-state index is 13.2. The number of benzene rings is 1. The van der Waals surface area contributed by atoms with Crippen LogP contribution in [0.3, 0.4) is 0 Å². The molecule has 1 saturated carbocycles. The summed E-state index contributed by atoms with van der Waals surface area (Å²) in [6.45, 7) is 2.24. The summed E-state index contributed by atoms with van der Waals surface area (Å²) in [6.07, 6.45) is 2.36. The van der Waals surface area contributed by atoms with Crippen molar-refractivity contribution < 1.29 is 24.2 Å². The van der Waals surface area contributed by atoms with Gasteiger partial charge in [0.15, 0.2) is 0 Å². The number of ether oxygens (including phenoxy) is 1. The summed E-state index contributed by atoms with van der Waals surface area (Å²) in [5, 5.41) is 16.2. The van der Waals surface area contributed by atoms with Gasteiger partial charge in [0.05, 0.1) is 30.1 Å². The number of carboxylic acid groups (broad SMARTS) is 1. The van der Waals surface area contributed by atoms with Gasteiger partial charge < -0.3 is 20.5 Å². The molecule has 3 atom stereocenters. The topological polar surface area (TPSA) is 105 Å². The summed E-state index contributed by atoms with van der Waals surface area (Å²) in [5.41, 5.74) is 1.72. The van der Waals surface area contributed by atoms with Crippen molar-refractivity contribution in [3.63, 3.8) is 0 Å². The minimum atomic E-state index is -0.948. The highest BCUT2D eigenvalue weighted by Crippen LogP contribution is 2.44. The van der Waals surface area contributed by atoms with Gasteiger partial charge in [-0.15, -0.1) is 11.3 Å². The fraction of sp³-hybridized carbons (Fsp3) is 0.409. The summed E-state index contributed by atoms with van der Waals surface area (Å²) < 4.78 is 5.67. The lowest BCUT2D eigenvalue weighted by atomic mass is 9.78. The number of hydrogen-bond donors (Lipinski definition) is 3. The fourth-order valence-electron chi connectivity index (χ4n) is 4.30. The highest BCUT2D eigenvalue weighted by Gasteiger charge is 2.38. The van der Waals surface area contributed by atoms with E-state index in [1.165, 1.54) is 11.3 Å². The molecule has 1 aliphatic heterocycles. The third-order valence-corrected chi connectivity index (χ3v) is 7.23. The van der Waals surface area contributed by atoms with E-state index in [-0.39, 0.29) is 17.9 Å². The van der Waals surface area contributed by atoms with E-state index in [0.29, 0.717) is 40.7 Å². The van der Waals surface area contributed by atoms with Crippen molar-refractivity contribution in [3.8, 4) is 0 Å². The number of fused-ring (bicyclic) bond motifs is 1. The Morgan fingerprint density at radius 3 is 2.45 bits per heavy atom. The Bertz CT molecular complexity index is 1020. The third kappa shape index (κ3) is 4.46. The van der Waals surface area contributed by atoms with Gasteiger partial charge in [0.2, 0.25) is 5.91 Å². The van der Waals surface area contributed by atoms with E-state index in [4.69, 9.17) is 16.3 Å². The first-order valence-corrected chi connectivity index (χ1v) is 11.4. The molecule has 31 heavy (non-hydrogen) atoms. The van der Waals surface area contributed by atoms with Crippen molar-refractivity contribution in [1.29, 1.82) is 0 Å². The molecule has 3 N–H and O–H groups in total. The molecule has 0 spiro atoms. The van der Waals surface area contributed by atoms with Gasteiger partial charge in [-0.2, -0.15) is 0 Å². The lowest BCUT2D eigenvalue weighted by Gasteiger charge is -2.27. The van der Waals surface area contributed by atoms with Gasteiger partial charge in [0.1, 0.15) is 5.00 Å². The zero-order valence-corrected chi connectivity index (χ0v) is 18.5. The molecule has 1 aromatic heterocycles. The Morgan fingerprint density at radius 1 is 1.10 bits per heavy atom. The smallest absolute Gasteiger partial charge is 0.307 e. The molecule has 2 heterocycles. The van der Waals surface area contributed by atoms with Gasteiger partial charge >= 0.3 is 5.97 Å². The van der Waals surface area contributed by atoms with Crippen LogP contribution in [-0.2, 0) is 20.9 Å². The molecule has 2 aliphatic rings. The van der Waals surface area contributed by atoms with Crippen LogP contribution >= 0.6 is 22.9 Å². The predicted molar refractivity (Wildman–Crippen MR) is 119 cm³/mol. The predicted octanol–water partition coefficient (Wildman–Crippen LogP) is 5.07. The van der Waals surface area contributed by atoms with Crippen LogP contribution in [0.25, 0.3) is 0 Å². The van der Waals surface area contributed by atoms with Crippen LogP contribution in [0.1, 0.15) is 59.5 Å². The van der Waals surface area contributed by atoms with Crippen LogP contribution in [-0.4, -0.2) is 22.9 Å². The number of carbonyl (C=O) groups excluding carboxylic acids is 2. The molecule has 2 amide bonds. The average Bonchev–Trinajstić information content (AvgIpc) is 3.28. The summed E-state index contributed by atoms with van der Waals surface area (Å²) in [6, 6.07) is 6.76. The monoisotopic (exact) mass is 462 g/mol. The number of aliphatic carboxylic acids is 1. The van der Waals surface area contributed by atoms with E-state index in [1.54, 1.807) is 24.3 Å². The standard InChI is InChI=1S/C22H23ClN2O5S/c1-11-17-16(10-30-11)31-21(18(17)20(27)24-13-8-6-12(23)7-9-13)25-19(26)14-4-2-3-5-15(14)22(28)29/h6-9,11,14-15H,2-5,10H2,1H3,(H,24,27)(H,25,26)(H,28,29). The Labute approximate surface area is 188 Å². The van der Waals surface area contributed by atoms with Gasteiger partial charge in [0.25, 0.3) is 5.91 Å². The normalized spacial score (nSPS) is 22.6. The number of carbonyl (C=O) groups is 3. The quantitative estimate of drug-likeness (QED) is 0.575. The SMILES string of the molecule is CC1OCc2sc(NC(=O)C3CCCCC3C(=O)O)c(C(=O)Nc3ccc(Cl)cc3)c21. The Morgan fingerprint density at radius 2 is 1.77 bits per heavy atom. The minimum Gasteiger partial charge on any atom is -0.481 e. The van der Waals surface area contributed by atoms with E-state index < -0.39 is 17.8 Å². The van der Waals surface area contributed by atoms with E-state index in [0.717, 1.165) is 23.3 Å². The van der Waals surface area contributed by atoms with Crippen LogP contribution < -0.4 is 10.6 Å². The van der Waals surface area contributed by atoms with Crippen molar-refractivity contribution in [3.05, 3.63) is 45.3 Å². The molecule has 1 aromatic carbocycles. The minimum absolute atomic E-state index is 0.274. The van der Waals surface area contributed by atoms with E-state index in [1.807, 2.05) is 6.92 Å². The van der Waals surface area contributed by atoms with Gasteiger partial charge in [-0.25, -0.2) is 0 Å². The highest BCUT2D eigenvalue weighted by atomic mass is 35.5. The van der Waals surface area contributed by atoms with E-state index >= 15 is 0 Å². The summed E-state index contributed by atoms with van der Waals surface area (Å²) in [5.74, 6) is -2.96. The highest BCUT2D eigenvalue weighted by molar-refractivity contribution is 7.17. The van der Waals surface area contributed by atoms with Crippen molar-refractivity contribution in [2.45, 2.75) is 45.3 Å². The summed E-state index contributed by atoms with van der Waals surface area (Å²) in [4.78, 5) is 38.7. The molecule has 3 unspecified atom stereocenters. The number of carboxylic acids is 1. The van der Waals surface area contributed by atoms with Crippen LogP contribution in [0.2, 0.25) is 5.02 Å². The van der Waals surface area contributed by atoms with Crippen molar-refractivity contribution in [1.82, 2.24) is 0 Å². The first kappa shape index (κ1) is 21.8. The van der Waals surface area contributed by atoms with Gasteiger partial charge in [0, 0.05) is 21.2 Å². The van der Waals surface area contributed by atoms with Gasteiger partial charge in [-0.1, -0.05) is 24.4 Å². The number of hydrogen-bond acceptors (Lipinski definition) is 5. The van der Waals surface area contributed by atoms with Crippen LogP contribution in [0.5, 0.6) is 0 Å². The molecule has 0 bridgehead atoms. The largest absolute Gasteiger partial charge is 0.481 e. The second kappa shape index (κ2) is 8.98. The molecular weight excluding hydrogens is 440 g/mol. The molecule has 164 valence electrons. The number of nitrogens with one attached hydrogen (secondary N) is 2. The number of halogens is 1. The summed E-state index contributed by atoms with van der Waals surface area (Å²) in [7, 11) is 0. The van der Waals surface area contributed by atoms with Crippen LogP contribution in [0.4, 0.5) is 10.7 Å². The first-order valence-electron chi connectivity index (χ1n) is 10.2. The Hall–Kier alpha value is -2.42. The first-order chi connectivity index (χ1) is 14.8. The molecule has 9 heteroatoms. The van der Waals surface area contributed by atoms with E-state index in [2.05, 4.69) is 10.6 Å². The lowest BCUT2D eigenvalue weighted by Crippen LogP contribution is -2.36. The Balaban J connectivity index is 1.61. The van der Waals surface area contributed by atoms with Crippen molar-refractivity contribution in [2.75, 3.05) is 10.6 Å². The van der Waals surface area contributed by atoms with Crippen molar-refractivity contribution in [2.24, 2.45) is 11.8 Å². The number of thiophene rings is 1. The fourth-order valence-corrected chi connectivity index (χ4v) is 5.63. The number of amides is 2. The molecule has 1 aliphatic carbocycles. The molecule has 7 nitrogen and oxygen atoms in total. The molecule has 0 radical (unpaired) electrons. The van der Waals surface area contributed by atoms with Gasteiger partial charge in [-0.3, -0.25) is 14.4 Å². The van der Waals surface area contributed by atoms with E-state index in [9.17, 15) is 19.5 Å². The summed E-state index contributed by atoms with van der Waals surface area (Å²) >= 11 is 7.23. The molecule has 4 rings (SSSR count). The van der Waals surface area contributed by atoms with Crippen molar-refractivity contribution >= 4 is 51.4 Å². The lowest BCUT2D eigenvalue weighted by molar-refractivity contribution is -0.147. The van der Waals surface area contributed by atoms with Crippen LogP contribution in [0, 0.1) is 11.8 Å². The zero-order valence-electron chi connectivity index (χ0n) is 16.9. The molecule has 2 aromatic rings. The van der Waals surface area contributed by atoms with Crippen LogP contribution in [0.15, 0.2) is 24.3 Å². The molecule has 1 fully saturated rings. The maximum Gasteiger partial charge on any atom is 0.307 e. The third-order valence-electron chi connectivity index (χ3n) is 5.88. The second-order valence-electron chi connectivity index (χ2n) is 7.88. The molecular formula is C22H23ClN2O5S. The maximum absolute atomic E-state index is 13.2. The molecule has 0 saturated heterocycles. The second-order valence-corrected chi connectivity index (χ2v) is 9.42. The van der Waals surface area contributed by atoms with Gasteiger partial charge in [-0.05, 0) is 44.0 Å². The number of rotatable bonds is 5. The number of anilines is 2. The zero-order chi connectivity index (χ0) is 22.1. The Kier molecular flexibility index (Phi) is 6.31. The average molecular weight is 463 g/mol.